The van der Waals surface area contributed by atoms with E-state index in [4.69, 9.17) is 16.7 Å². The minimum Gasteiger partial charge on any atom is -0.476 e. The van der Waals surface area contributed by atoms with E-state index in [9.17, 15) is 4.79 Å². The number of rotatable bonds is 2. The van der Waals surface area contributed by atoms with Crippen LogP contribution in [0.25, 0.3) is 0 Å². The van der Waals surface area contributed by atoms with Gasteiger partial charge in [0.25, 0.3) is 0 Å². The highest BCUT2D eigenvalue weighted by Gasteiger charge is 2.10. The zero-order valence-electron chi connectivity index (χ0n) is 6.34. The molecule has 0 spiro atoms. The van der Waals surface area contributed by atoms with Gasteiger partial charge in [0.1, 0.15) is 5.15 Å². The summed E-state index contributed by atoms with van der Waals surface area (Å²) in [5, 5.41) is 11.5. The van der Waals surface area contributed by atoms with Gasteiger partial charge in [-0.2, -0.15) is 0 Å². The maximum absolute atomic E-state index is 10.6. The van der Waals surface area contributed by atoms with Crippen molar-refractivity contribution in [1.82, 2.24) is 4.98 Å². The summed E-state index contributed by atoms with van der Waals surface area (Å²) in [6.07, 6.45) is 0. The highest BCUT2D eigenvalue weighted by atomic mass is 35.5. The summed E-state index contributed by atoms with van der Waals surface area (Å²) >= 11 is 5.52. The van der Waals surface area contributed by atoms with Crippen LogP contribution in [0.5, 0.6) is 0 Å². The van der Waals surface area contributed by atoms with Crippen molar-refractivity contribution in [2.75, 3.05) is 12.4 Å². The molecule has 0 aliphatic rings. The van der Waals surface area contributed by atoms with Crippen LogP contribution in [0.3, 0.4) is 0 Å². The van der Waals surface area contributed by atoms with Crippen LogP contribution in [0, 0.1) is 0 Å². The van der Waals surface area contributed by atoms with Crippen molar-refractivity contribution in [2.24, 2.45) is 0 Å². The Hall–Kier alpha value is -1.29. The topological polar surface area (TPSA) is 62.2 Å². The number of carboxylic acid groups (broad SMARTS) is 1. The molecule has 0 aromatic carbocycles. The monoisotopic (exact) mass is 186 g/mol. The SMILES string of the molecule is CNc1ccc(Cl)nc1C(=O)O. The number of carbonyl (C=O) groups is 1. The van der Waals surface area contributed by atoms with E-state index >= 15 is 0 Å². The van der Waals surface area contributed by atoms with Gasteiger partial charge < -0.3 is 10.4 Å². The Labute approximate surface area is 74.2 Å². The second-order valence-corrected chi connectivity index (χ2v) is 2.47. The van der Waals surface area contributed by atoms with E-state index in [1.807, 2.05) is 0 Å². The number of hydrogen-bond acceptors (Lipinski definition) is 3. The number of nitrogens with one attached hydrogen (secondary N) is 1. The molecule has 1 rings (SSSR count). The Morgan fingerprint density at radius 2 is 2.33 bits per heavy atom. The van der Waals surface area contributed by atoms with Crippen LogP contribution in [-0.4, -0.2) is 23.1 Å². The number of aromatic nitrogens is 1. The van der Waals surface area contributed by atoms with Crippen molar-refractivity contribution in [2.45, 2.75) is 0 Å². The fourth-order valence-corrected chi connectivity index (χ4v) is 0.948. The summed E-state index contributed by atoms with van der Waals surface area (Å²) in [6, 6.07) is 3.10. The van der Waals surface area contributed by atoms with Crippen LogP contribution < -0.4 is 5.32 Å². The first-order valence-electron chi connectivity index (χ1n) is 3.22. The smallest absolute Gasteiger partial charge is 0.356 e. The van der Waals surface area contributed by atoms with Crippen LogP contribution in [-0.2, 0) is 0 Å². The minimum atomic E-state index is -1.10. The molecule has 0 radical (unpaired) electrons. The Bertz CT molecular complexity index is 314. The standard InChI is InChI=1S/C7H7ClN2O2/c1-9-4-2-3-5(8)10-6(4)7(11)12/h2-3,9H,1H3,(H,11,12). The molecule has 0 saturated heterocycles. The zero-order chi connectivity index (χ0) is 9.14. The first-order valence-corrected chi connectivity index (χ1v) is 3.60. The van der Waals surface area contributed by atoms with E-state index in [0.29, 0.717) is 5.69 Å². The molecule has 0 atom stereocenters. The molecule has 0 unspecified atom stereocenters. The van der Waals surface area contributed by atoms with E-state index in [-0.39, 0.29) is 10.8 Å². The Morgan fingerprint density at radius 1 is 1.67 bits per heavy atom. The third kappa shape index (κ3) is 1.65. The largest absolute Gasteiger partial charge is 0.476 e. The molecule has 2 N–H and O–H groups in total. The normalized spacial score (nSPS) is 9.50. The summed E-state index contributed by atoms with van der Waals surface area (Å²) in [6.45, 7) is 0. The van der Waals surface area contributed by atoms with Gasteiger partial charge in [-0.1, -0.05) is 11.6 Å². The van der Waals surface area contributed by atoms with Gasteiger partial charge in [-0.05, 0) is 12.1 Å². The second kappa shape index (κ2) is 3.40. The number of carboxylic acids is 1. The lowest BCUT2D eigenvalue weighted by Gasteiger charge is -2.03. The van der Waals surface area contributed by atoms with Crippen molar-refractivity contribution in [1.29, 1.82) is 0 Å². The van der Waals surface area contributed by atoms with Crippen molar-refractivity contribution in [3.8, 4) is 0 Å². The molecule has 0 saturated carbocycles. The molecular weight excluding hydrogens is 180 g/mol. The van der Waals surface area contributed by atoms with Gasteiger partial charge >= 0.3 is 5.97 Å². The average molecular weight is 187 g/mol. The molecule has 5 heteroatoms. The summed E-state index contributed by atoms with van der Waals surface area (Å²) in [7, 11) is 1.62. The lowest BCUT2D eigenvalue weighted by Crippen LogP contribution is -2.05. The molecule has 1 aromatic heterocycles. The predicted molar refractivity (Wildman–Crippen MR) is 45.8 cm³/mol. The molecule has 4 nitrogen and oxygen atoms in total. The molecule has 0 aliphatic carbocycles. The van der Waals surface area contributed by atoms with E-state index in [1.54, 1.807) is 13.1 Å². The van der Waals surface area contributed by atoms with E-state index in [1.165, 1.54) is 6.07 Å². The van der Waals surface area contributed by atoms with Gasteiger partial charge in [0.05, 0.1) is 5.69 Å². The molecule has 0 bridgehead atoms. The first kappa shape index (κ1) is 8.80. The predicted octanol–water partition coefficient (Wildman–Crippen LogP) is 1.47. The molecule has 0 aliphatic heterocycles. The van der Waals surface area contributed by atoms with Crippen molar-refractivity contribution >= 4 is 23.3 Å². The van der Waals surface area contributed by atoms with Crippen LogP contribution >= 0.6 is 11.6 Å². The Morgan fingerprint density at radius 3 is 2.83 bits per heavy atom. The van der Waals surface area contributed by atoms with Gasteiger partial charge in [0, 0.05) is 7.05 Å². The quantitative estimate of drug-likeness (QED) is 0.687. The minimum absolute atomic E-state index is 0.0648. The summed E-state index contributed by atoms with van der Waals surface area (Å²) in [5.41, 5.74) is 0.386. The number of halogens is 1. The molecule has 1 aromatic rings. The number of aromatic carboxylic acids is 1. The molecule has 12 heavy (non-hydrogen) atoms. The lowest BCUT2D eigenvalue weighted by atomic mass is 10.3. The van der Waals surface area contributed by atoms with Crippen LogP contribution in [0.4, 0.5) is 5.69 Å². The molecule has 0 amide bonds. The fraction of sp³-hybridized carbons (Fsp3) is 0.143. The van der Waals surface area contributed by atoms with Gasteiger partial charge in [0.2, 0.25) is 0 Å². The van der Waals surface area contributed by atoms with E-state index < -0.39 is 5.97 Å². The maximum Gasteiger partial charge on any atom is 0.356 e. The lowest BCUT2D eigenvalue weighted by molar-refractivity contribution is 0.0691. The van der Waals surface area contributed by atoms with Crippen molar-refractivity contribution in [3.63, 3.8) is 0 Å². The van der Waals surface area contributed by atoms with Crippen molar-refractivity contribution in [3.05, 3.63) is 23.0 Å². The number of anilines is 1. The second-order valence-electron chi connectivity index (χ2n) is 2.09. The third-order valence-corrected chi connectivity index (χ3v) is 1.54. The number of nitrogens with zero attached hydrogens (tertiary/aromatic N) is 1. The average Bonchev–Trinajstić information content (AvgIpc) is 2.04. The zero-order valence-corrected chi connectivity index (χ0v) is 7.09. The van der Waals surface area contributed by atoms with Gasteiger partial charge in [-0.25, -0.2) is 9.78 Å². The third-order valence-electron chi connectivity index (χ3n) is 1.33. The van der Waals surface area contributed by atoms with Crippen LogP contribution in [0.1, 0.15) is 10.5 Å². The van der Waals surface area contributed by atoms with Crippen LogP contribution in [0.2, 0.25) is 5.15 Å². The Kier molecular flexibility index (Phi) is 2.50. The van der Waals surface area contributed by atoms with Crippen LogP contribution in [0.15, 0.2) is 12.1 Å². The molecule has 0 fully saturated rings. The number of pyridine rings is 1. The summed E-state index contributed by atoms with van der Waals surface area (Å²) in [5.74, 6) is -1.10. The van der Waals surface area contributed by atoms with Gasteiger partial charge in [0.15, 0.2) is 5.69 Å². The van der Waals surface area contributed by atoms with Gasteiger partial charge in [-0.3, -0.25) is 0 Å². The van der Waals surface area contributed by atoms with Gasteiger partial charge in [-0.15, -0.1) is 0 Å². The summed E-state index contributed by atoms with van der Waals surface area (Å²) in [4.78, 5) is 14.2. The van der Waals surface area contributed by atoms with E-state index in [2.05, 4.69) is 10.3 Å². The van der Waals surface area contributed by atoms with Crippen molar-refractivity contribution < 1.29 is 9.90 Å². The number of hydrogen-bond donors (Lipinski definition) is 2. The fourth-order valence-electron chi connectivity index (χ4n) is 0.800. The highest BCUT2D eigenvalue weighted by molar-refractivity contribution is 6.29. The Balaban J connectivity index is 3.21. The van der Waals surface area contributed by atoms with E-state index in [0.717, 1.165) is 0 Å². The molecule has 1 heterocycles. The molecular formula is C7H7ClN2O2. The first-order chi connectivity index (χ1) is 5.65. The summed E-state index contributed by atoms with van der Waals surface area (Å²) < 4.78 is 0. The highest BCUT2D eigenvalue weighted by Crippen LogP contribution is 2.15. The molecule has 64 valence electrons. The maximum atomic E-state index is 10.6.